The van der Waals surface area contributed by atoms with Crippen molar-refractivity contribution in [3.05, 3.63) is 35.4 Å². The first kappa shape index (κ1) is 13.7. The van der Waals surface area contributed by atoms with Gasteiger partial charge >= 0.3 is 11.9 Å². The lowest BCUT2D eigenvalue weighted by Gasteiger charge is -2.09. The molecule has 1 aromatic rings. The Balaban J connectivity index is 2.87. The van der Waals surface area contributed by atoms with E-state index in [0.29, 0.717) is 0 Å². The minimum absolute atomic E-state index is 0.200. The third-order valence-electron chi connectivity index (χ3n) is 2.26. The van der Waals surface area contributed by atoms with E-state index in [1.165, 1.54) is 38.3 Å². The maximum Gasteiger partial charge on any atom is 0.337 e. The number of methoxy groups -OCH3 is 1. The Kier molecular flexibility index (Phi) is 4.42. The number of carboxylic acids is 1. The molecule has 0 aliphatic carbocycles. The van der Waals surface area contributed by atoms with E-state index in [0.717, 1.165) is 0 Å². The molecule has 0 saturated heterocycles. The molecule has 18 heavy (non-hydrogen) atoms. The van der Waals surface area contributed by atoms with Gasteiger partial charge in [0.25, 0.3) is 5.91 Å². The topological polar surface area (TPSA) is 92.7 Å². The van der Waals surface area contributed by atoms with Crippen LogP contribution in [0.5, 0.6) is 0 Å². The largest absolute Gasteiger partial charge is 0.480 e. The first-order valence-electron chi connectivity index (χ1n) is 5.17. The number of esters is 1. The molecule has 96 valence electrons. The fourth-order valence-corrected chi connectivity index (χ4v) is 1.25. The van der Waals surface area contributed by atoms with Crippen LogP contribution in [-0.4, -0.2) is 36.1 Å². The molecule has 0 heterocycles. The van der Waals surface area contributed by atoms with Gasteiger partial charge in [0.2, 0.25) is 0 Å². The number of ether oxygens (including phenoxy) is 1. The zero-order valence-corrected chi connectivity index (χ0v) is 9.97. The summed E-state index contributed by atoms with van der Waals surface area (Å²) in [5, 5.41) is 11.0. The molecule has 0 radical (unpaired) electrons. The lowest BCUT2D eigenvalue weighted by Crippen LogP contribution is -2.38. The maximum atomic E-state index is 11.7. The molecule has 1 rings (SSSR count). The zero-order valence-electron chi connectivity index (χ0n) is 9.97. The van der Waals surface area contributed by atoms with Crippen LogP contribution in [0.15, 0.2) is 24.3 Å². The maximum absolute atomic E-state index is 11.7. The van der Waals surface area contributed by atoms with Crippen LogP contribution < -0.4 is 5.32 Å². The average Bonchev–Trinajstić information content (AvgIpc) is 2.37. The van der Waals surface area contributed by atoms with Crippen LogP contribution in [0.3, 0.4) is 0 Å². The van der Waals surface area contributed by atoms with Crippen molar-refractivity contribution in [2.45, 2.75) is 13.0 Å². The minimum atomic E-state index is -1.13. The number of amides is 1. The third kappa shape index (κ3) is 3.31. The van der Waals surface area contributed by atoms with Gasteiger partial charge < -0.3 is 15.2 Å². The Morgan fingerprint density at radius 3 is 2.44 bits per heavy atom. The van der Waals surface area contributed by atoms with Crippen molar-refractivity contribution < 1.29 is 24.2 Å². The number of hydrogen-bond donors (Lipinski definition) is 2. The number of carbonyl (C=O) groups is 3. The average molecular weight is 251 g/mol. The number of rotatable bonds is 4. The smallest absolute Gasteiger partial charge is 0.337 e. The monoisotopic (exact) mass is 251 g/mol. The summed E-state index contributed by atoms with van der Waals surface area (Å²) in [5.74, 6) is -2.25. The molecular weight excluding hydrogens is 238 g/mol. The van der Waals surface area contributed by atoms with Crippen LogP contribution in [0.4, 0.5) is 0 Å². The fourth-order valence-electron chi connectivity index (χ4n) is 1.25. The highest BCUT2D eigenvalue weighted by Gasteiger charge is 2.16. The van der Waals surface area contributed by atoms with E-state index in [9.17, 15) is 14.4 Å². The highest BCUT2D eigenvalue weighted by molar-refractivity contribution is 5.99. The number of carbonyl (C=O) groups excluding carboxylic acids is 2. The van der Waals surface area contributed by atoms with Gasteiger partial charge in [0.15, 0.2) is 0 Å². The standard InChI is InChI=1S/C12H13NO5/c1-7(11(15)16)13-10(14)8-4-3-5-9(6-8)12(17)18-2/h3-7H,1-2H3,(H,13,14)(H,15,16). The van der Waals surface area contributed by atoms with Gasteiger partial charge in [-0.1, -0.05) is 6.07 Å². The number of aliphatic carboxylic acids is 1. The highest BCUT2D eigenvalue weighted by Crippen LogP contribution is 2.07. The van der Waals surface area contributed by atoms with Crippen molar-refractivity contribution in [2.75, 3.05) is 7.11 Å². The summed E-state index contributed by atoms with van der Waals surface area (Å²) in [4.78, 5) is 33.6. The lowest BCUT2D eigenvalue weighted by molar-refractivity contribution is -0.138. The van der Waals surface area contributed by atoms with E-state index in [4.69, 9.17) is 5.11 Å². The predicted molar refractivity (Wildman–Crippen MR) is 62.3 cm³/mol. The number of benzene rings is 1. The van der Waals surface area contributed by atoms with Gasteiger partial charge in [-0.05, 0) is 25.1 Å². The molecule has 0 aliphatic heterocycles. The Bertz CT molecular complexity index is 483. The Morgan fingerprint density at radius 2 is 1.89 bits per heavy atom. The van der Waals surface area contributed by atoms with Gasteiger partial charge in [0.05, 0.1) is 12.7 Å². The summed E-state index contributed by atoms with van der Waals surface area (Å²) >= 11 is 0. The zero-order chi connectivity index (χ0) is 13.7. The van der Waals surface area contributed by atoms with E-state index >= 15 is 0 Å². The van der Waals surface area contributed by atoms with Crippen LogP contribution >= 0.6 is 0 Å². The molecule has 2 N–H and O–H groups in total. The Labute approximate surface area is 104 Å². The molecule has 0 saturated carbocycles. The Morgan fingerprint density at radius 1 is 1.28 bits per heavy atom. The quantitative estimate of drug-likeness (QED) is 0.767. The molecular formula is C12H13NO5. The van der Waals surface area contributed by atoms with E-state index in [-0.39, 0.29) is 11.1 Å². The number of hydrogen-bond acceptors (Lipinski definition) is 4. The van der Waals surface area contributed by atoms with E-state index in [1.807, 2.05) is 0 Å². The van der Waals surface area contributed by atoms with Crippen molar-refractivity contribution in [1.82, 2.24) is 5.32 Å². The summed E-state index contributed by atoms with van der Waals surface area (Å²) < 4.78 is 4.53. The van der Waals surface area contributed by atoms with Gasteiger partial charge in [-0.25, -0.2) is 4.79 Å². The van der Waals surface area contributed by atoms with Crippen molar-refractivity contribution in [1.29, 1.82) is 0 Å². The summed E-state index contributed by atoms with van der Waals surface area (Å²) in [5.41, 5.74) is 0.430. The summed E-state index contributed by atoms with van der Waals surface area (Å²) in [6.07, 6.45) is 0. The van der Waals surface area contributed by atoms with E-state index in [2.05, 4.69) is 10.1 Å². The molecule has 1 atom stereocenters. The van der Waals surface area contributed by atoms with Crippen molar-refractivity contribution in [2.24, 2.45) is 0 Å². The number of carboxylic acid groups (broad SMARTS) is 1. The second-order valence-electron chi connectivity index (χ2n) is 3.61. The van der Waals surface area contributed by atoms with Crippen LogP contribution in [0.2, 0.25) is 0 Å². The predicted octanol–water partition coefficient (Wildman–Crippen LogP) is 0.676. The molecule has 6 nitrogen and oxygen atoms in total. The van der Waals surface area contributed by atoms with Gasteiger partial charge in [0, 0.05) is 5.56 Å². The normalized spacial score (nSPS) is 11.4. The Hall–Kier alpha value is -2.37. The molecule has 1 amide bonds. The van der Waals surface area contributed by atoms with Crippen LogP contribution in [-0.2, 0) is 9.53 Å². The van der Waals surface area contributed by atoms with Crippen molar-refractivity contribution in [3.8, 4) is 0 Å². The molecule has 0 aliphatic rings. The molecule has 0 bridgehead atoms. The van der Waals surface area contributed by atoms with Crippen molar-refractivity contribution >= 4 is 17.8 Å². The molecule has 6 heteroatoms. The number of nitrogens with one attached hydrogen (secondary N) is 1. The summed E-state index contributed by atoms with van der Waals surface area (Å²) in [7, 11) is 1.24. The third-order valence-corrected chi connectivity index (χ3v) is 2.26. The summed E-state index contributed by atoms with van der Waals surface area (Å²) in [6, 6.07) is 4.85. The molecule has 0 spiro atoms. The summed E-state index contributed by atoms with van der Waals surface area (Å²) in [6.45, 7) is 1.35. The second-order valence-corrected chi connectivity index (χ2v) is 3.61. The SMILES string of the molecule is COC(=O)c1cccc(C(=O)NC(C)C(=O)O)c1. The second kappa shape index (κ2) is 5.81. The first-order chi connectivity index (χ1) is 8.45. The first-order valence-corrected chi connectivity index (χ1v) is 5.17. The minimum Gasteiger partial charge on any atom is -0.480 e. The van der Waals surface area contributed by atoms with Gasteiger partial charge in [-0.3, -0.25) is 9.59 Å². The fraction of sp³-hybridized carbons (Fsp3) is 0.250. The van der Waals surface area contributed by atoms with Gasteiger partial charge in [-0.2, -0.15) is 0 Å². The molecule has 1 aromatic carbocycles. The molecule has 1 unspecified atom stereocenters. The molecule has 0 fully saturated rings. The molecule has 0 aromatic heterocycles. The van der Waals surface area contributed by atoms with Gasteiger partial charge in [-0.15, -0.1) is 0 Å². The van der Waals surface area contributed by atoms with E-state index < -0.39 is 23.9 Å². The van der Waals surface area contributed by atoms with Crippen LogP contribution in [0, 0.1) is 0 Å². The lowest BCUT2D eigenvalue weighted by atomic mass is 10.1. The van der Waals surface area contributed by atoms with Crippen LogP contribution in [0.25, 0.3) is 0 Å². The van der Waals surface area contributed by atoms with Crippen molar-refractivity contribution in [3.63, 3.8) is 0 Å². The van der Waals surface area contributed by atoms with Crippen LogP contribution in [0.1, 0.15) is 27.6 Å². The van der Waals surface area contributed by atoms with Gasteiger partial charge in [0.1, 0.15) is 6.04 Å². The van der Waals surface area contributed by atoms with E-state index in [1.54, 1.807) is 0 Å². The highest BCUT2D eigenvalue weighted by atomic mass is 16.5.